The summed E-state index contributed by atoms with van der Waals surface area (Å²) in [5.41, 5.74) is 0. The van der Waals surface area contributed by atoms with Crippen molar-refractivity contribution in [3.63, 3.8) is 0 Å². The SMILES string of the molecule is CC(C)CNCCCN(C)C1CCOCC1. The van der Waals surface area contributed by atoms with Gasteiger partial charge in [0, 0.05) is 19.3 Å². The van der Waals surface area contributed by atoms with Crippen LogP contribution in [0.2, 0.25) is 0 Å². The maximum Gasteiger partial charge on any atom is 0.0480 e. The Morgan fingerprint density at radius 3 is 2.62 bits per heavy atom. The highest BCUT2D eigenvalue weighted by molar-refractivity contribution is 4.72. The van der Waals surface area contributed by atoms with Gasteiger partial charge in [-0.3, -0.25) is 0 Å². The molecule has 1 heterocycles. The Bertz CT molecular complexity index is 167. The fourth-order valence-corrected chi connectivity index (χ4v) is 2.15. The third kappa shape index (κ3) is 5.83. The van der Waals surface area contributed by atoms with Crippen molar-refractivity contribution in [1.29, 1.82) is 0 Å². The van der Waals surface area contributed by atoms with Crippen LogP contribution in [-0.2, 0) is 4.74 Å². The molecule has 0 unspecified atom stereocenters. The first-order valence-electron chi connectivity index (χ1n) is 6.69. The second-order valence-corrected chi connectivity index (χ2v) is 5.28. The molecule has 1 fully saturated rings. The van der Waals surface area contributed by atoms with Crippen LogP contribution in [0.25, 0.3) is 0 Å². The second kappa shape index (κ2) is 8.04. The molecule has 0 saturated carbocycles. The third-order valence-corrected chi connectivity index (χ3v) is 3.23. The molecule has 1 rings (SSSR count). The van der Waals surface area contributed by atoms with E-state index in [0.717, 1.165) is 38.3 Å². The van der Waals surface area contributed by atoms with Crippen LogP contribution in [0.3, 0.4) is 0 Å². The van der Waals surface area contributed by atoms with Crippen molar-refractivity contribution in [1.82, 2.24) is 10.2 Å². The molecular weight excluding hydrogens is 200 g/mol. The van der Waals surface area contributed by atoms with Crippen molar-refractivity contribution in [3.05, 3.63) is 0 Å². The molecular formula is C13H28N2O. The van der Waals surface area contributed by atoms with E-state index in [4.69, 9.17) is 4.74 Å². The topological polar surface area (TPSA) is 24.5 Å². The number of nitrogens with one attached hydrogen (secondary N) is 1. The lowest BCUT2D eigenvalue weighted by Gasteiger charge is -2.31. The van der Waals surface area contributed by atoms with Gasteiger partial charge in [-0.05, 0) is 51.9 Å². The first-order chi connectivity index (χ1) is 7.70. The Morgan fingerprint density at radius 1 is 1.31 bits per heavy atom. The zero-order valence-corrected chi connectivity index (χ0v) is 11.2. The molecule has 96 valence electrons. The molecule has 0 aromatic heterocycles. The molecule has 3 heteroatoms. The standard InChI is InChI=1S/C13H28N2O/c1-12(2)11-14-7-4-8-15(3)13-5-9-16-10-6-13/h12-14H,4-11H2,1-3H3. The van der Waals surface area contributed by atoms with Gasteiger partial charge >= 0.3 is 0 Å². The zero-order chi connectivity index (χ0) is 11.8. The van der Waals surface area contributed by atoms with E-state index in [-0.39, 0.29) is 0 Å². The summed E-state index contributed by atoms with van der Waals surface area (Å²) < 4.78 is 5.38. The molecule has 3 nitrogen and oxygen atoms in total. The normalized spacial score (nSPS) is 18.6. The molecule has 16 heavy (non-hydrogen) atoms. The van der Waals surface area contributed by atoms with Crippen LogP contribution in [-0.4, -0.2) is 50.8 Å². The van der Waals surface area contributed by atoms with Crippen LogP contribution in [0, 0.1) is 5.92 Å². The lowest BCUT2D eigenvalue weighted by Crippen LogP contribution is -2.38. The number of hydrogen-bond acceptors (Lipinski definition) is 3. The summed E-state index contributed by atoms with van der Waals surface area (Å²) in [7, 11) is 2.25. The van der Waals surface area contributed by atoms with Gasteiger partial charge in [0.15, 0.2) is 0 Å². The number of nitrogens with zero attached hydrogens (tertiary/aromatic N) is 1. The van der Waals surface area contributed by atoms with Crippen molar-refractivity contribution < 1.29 is 4.74 Å². The highest BCUT2D eigenvalue weighted by Gasteiger charge is 2.17. The molecule has 0 amide bonds. The summed E-state index contributed by atoms with van der Waals surface area (Å²) in [4.78, 5) is 2.50. The minimum atomic E-state index is 0.749. The van der Waals surface area contributed by atoms with Gasteiger partial charge in [-0.15, -0.1) is 0 Å². The second-order valence-electron chi connectivity index (χ2n) is 5.28. The van der Waals surface area contributed by atoms with E-state index in [0.29, 0.717) is 0 Å². The maximum absolute atomic E-state index is 5.38. The fraction of sp³-hybridized carbons (Fsp3) is 1.00. The van der Waals surface area contributed by atoms with Crippen LogP contribution >= 0.6 is 0 Å². The molecule has 0 aliphatic carbocycles. The smallest absolute Gasteiger partial charge is 0.0480 e. The van der Waals surface area contributed by atoms with Gasteiger partial charge in [-0.1, -0.05) is 13.8 Å². The summed E-state index contributed by atoms with van der Waals surface area (Å²) in [5.74, 6) is 0.758. The Kier molecular flexibility index (Phi) is 7.01. The van der Waals surface area contributed by atoms with Gasteiger partial charge < -0.3 is 15.0 Å². The number of rotatable bonds is 7. The quantitative estimate of drug-likeness (QED) is 0.672. The molecule has 0 spiro atoms. The van der Waals surface area contributed by atoms with E-state index in [1.807, 2.05) is 0 Å². The minimum absolute atomic E-state index is 0.749. The third-order valence-electron chi connectivity index (χ3n) is 3.23. The largest absolute Gasteiger partial charge is 0.381 e. The maximum atomic E-state index is 5.38. The van der Waals surface area contributed by atoms with Gasteiger partial charge in [-0.25, -0.2) is 0 Å². The molecule has 0 aromatic rings. The molecule has 1 N–H and O–H groups in total. The zero-order valence-electron chi connectivity index (χ0n) is 11.2. The van der Waals surface area contributed by atoms with Crippen molar-refractivity contribution in [2.75, 3.05) is 39.9 Å². The first-order valence-corrected chi connectivity index (χ1v) is 6.69. The lowest BCUT2D eigenvalue weighted by atomic mass is 10.1. The molecule has 1 aliphatic rings. The highest BCUT2D eigenvalue weighted by atomic mass is 16.5. The van der Waals surface area contributed by atoms with Crippen molar-refractivity contribution in [3.8, 4) is 0 Å². The van der Waals surface area contributed by atoms with E-state index >= 15 is 0 Å². The Balaban J connectivity index is 1.98. The van der Waals surface area contributed by atoms with Gasteiger partial charge in [0.2, 0.25) is 0 Å². The summed E-state index contributed by atoms with van der Waals surface area (Å²) >= 11 is 0. The fourth-order valence-electron chi connectivity index (χ4n) is 2.15. The number of ether oxygens (including phenoxy) is 1. The van der Waals surface area contributed by atoms with Gasteiger partial charge in [-0.2, -0.15) is 0 Å². The van der Waals surface area contributed by atoms with E-state index in [1.165, 1.54) is 25.8 Å². The Hall–Kier alpha value is -0.120. The van der Waals surface area contributed by atoms with E-state index in [1.54, 1.807) is 0 Å². The molecule has 0 radical (unpaired) electrons. The van der Waals surface area contributed by atoms with E-state index in [9.17, 15) is 0 Å². The van der Waals surface area contributed by atoms with Crippen LogP contribution in [0.5, 0.6) is 0 Å². The lowest BCUT2D eigenvalue weighted by molar-refractivity contribution is 0.0428. The highest BCUT2D eigenvalue weighted by Crippen LogP contribution is 2.12. The summed E-state index contributed by atoms with van der Waals surface area (Å²) in [6.45, 7) is 9.88. The van der Waals surface area contributed by atoms with Crippen molar-refractivity contribution in [2.45, 2.75) is 39.2 Å². The first kappa shape index (κ1) is 13.9. The van der Waals surface area contributed by atoms with Gasteiger partial charge in [0.25, 0.3) is 0 Å². The minimum Gasteiger partial charge on any atom is -0.381 e. The summed E-state index contributed by atoms with van der Waals surface area (Å²) in [5, 5.41) is 3.49. The predicted molar refractivity (Wildman–Crippen MR) is 68.8 cm³/mol. The summed E-state index contributed by atoms with van der Waals surface area (Å²) in [6.07, 6.45) is 3.66. The monoisotopic (exact) mass is 228 g/mol. The molecule has 1 aliphatic heterocycles. The average Bonchev–Trinajstić information content (AvgIpc) is 2.29. The predicted octanol–water partition coefficient (Wildman–Crippen LogP) is 1.73. The Morgan fingerprint density at radius 2 is 2.00 bits per heavy atom. The van der Waals surface area contributed by atoms with Crippen LogP contribution in [0.15, 0.2) is 0 Å². The van der Waals surface area contributed by atoms with E-state index in [2.05, 4.69) is 31.1 Å². The molecule has 0 bridgehead atoms. The van der Waals surface area contributed by atoms with Crippen molar-refractivity contribution in [2.24, 2.45) is 5.92 Å². The van der Waals surface area contributed by atoms with Crippen molar-refractivity contribution >= 4 is 0 Å². The van der Waals surface area contributed by atoms with E-state index < -0.39 is 0 Å². The van der Waals surface area contributed by atoms with Crippen LogP contribution in [0.4, 0.5) is 0 Å². The number of hydrogen-bond donors (Lipinski definition) is 1. The molecule has 1 saturated heterocycles. The van der Waals surface area contributed by atoms with Crippen LogP contribution in [0.1, 0.15) is 33.1 Å². The summed E-state index contributed by atoms with van der Waals surface area (Å²) in [6, 6.07) is 0.749. The average molecular weight is 228 g/mol. The van der Waals surface area contributed by atoms with Gasteiger partial charge in [0.05, 0.1) is 0 Å². The Labute approximate surface area is 101 Å². The van der Waals surface area contributed by atoms with Crippen LogP contribution < -0.4 is 5.32 Å². The molecule has 0 aromatic carbocycles. The van der Waals surface area contributed by atoms with Gasteiger partial charge in [0.1, 0.15) is 0 Å². The molecule has 0 atom stereocenters.